The highest BCUT2D eigenvalue weighted by Crippen LogP contribution is 2.37. The molecule has 0 bridgehead atoms. The fraction of sp³-hybridized carbons (Fsp3) is 0.500. The molecular weight excluding hydrogens is 488 g/mol. The molecule has 0 N–H and O–H groups in total. The number of hydrogen-bond acceptors (Lipinski definition) is 8. The molecule has 1 unspecified atom stereocenters. The molecule has 4 rings (SSSR count). The minimum absolute atomic E-state index is 0.0788. The zero-order valence-electron chi connectivity index (χ0n) is 22.4. The Balaban J connectivity index is 1.28. The fourth-order valence-corrected chi connectivity index (χ4v) is 4.84. The molecule has 0 radical (unpaired) electrons. The van der Waals surface area contributed by atoms with Crippen LogP contribution in [0.5, 0.6) is 23.0 Å². The molecule has 0 saturated carbocycles. The number of aryl methyl sites for hydroxylation is 1. The van der Waals surface area contributed by atoms with Crippen molar-refractivity contribution in [3.8, 4) is 23.0 Å². The number of benzene rings is 2. The lowest BCUT2D eigenvalue weighted by atomic mass is 9.98. The number of ketones is 2. The van der Waals surface area contributed by atoms with E-state index in [9.17, 15) is 14.4 Å². The Hall–Kier alpha value is -3.55. The molecular formula is C30H36O8. The third-order valence-corrected chi connectivity index (χ3v) is 6.85. The van der Waals surface area contributed by atoms with Crippen molar-refractivity contribution in [1.82, 2.24) is 0 Å². The number of carbonyl (C=O) groups is 3. The van der Waals surface area contributed by atoms with E-state index in [0.717, 1.165) is 49.0 Å². The van der Waals surface area contributed by atoms with E-state index in [1.54, 1.807) is 18.2 Å². The summed E-state index contributed by atoms with van der Waals surface area (Å²) in [6.45, 7) is 5.01. The zero-order chi connectivity index (χ0) is 27.1. The van der Waals surface area contributed by atoms with E-state index in [1.165, 1.54) is 14.0 Å². The molecule has 0 aromatic heterocycles. The van der Waals surface area contributed by atoms with Crippen LogP contribution in [0.15, 0.2) is 24.3 Å². The fourth-order valence-electron chi connectivity index (χ4n) is 4.84. The van der Waals surface area contributed by atoms with E-state index in [1.807, 2.05) is 6.07 Å². The van der Waals surface area contributed by atoms with Gasteiger partial charge >= 0.3 is 5.97 Å². The van der Waals surface area contributed by atoms with E-state index >= 15 is 0 Å². The van der Waals surface area contributed by atoms with Crippen LogP contribution in [0, 0.1) is 0 Å². The van der Waals surface area contributed by atoms with Gasteiger partial charge in [-0.1, -0.05) is 13.3 Å². The molecule has 2 aliphatic heterocycles. The van der Waals surface area contributed by atoms with Crippen LogP contribution in [0.1, 0.15) is 84.2 Å². The van der Waals surface area contributed by atoms with Gasteiger partial charge in [0, 0.05) is 18.1 Å². The number of unbranched alkanes of at least 4 members (excludes halogenated alkanes) is 2. The summed E-state index contributed by atoms with van der Waals surface area (Å²) in [5.74, 6) is 2.12. The smallest absolute Gasteiger partial charge is 0.347 e. The van der Waals surface area contributed by atoms with Crippen LogP contribution in [-0.2, 0) is 22.4 Å². The Labute approximate surface area is 223 Å². The first-order chi connectivity index (χ1) is 18.4. The Bertz CT molecular complexity index is 1190. The first-order valence-corrected chi connectivity index (χ1v) is 13.4. The Morgan fingerprint density at radius 2 is 1.79 bits per heavy atom. The zero-order valence-corrected chi connectivity index (χ0v) is 22.4. The number of methoxy groups -OCH3 is 1. The maximum atomic E-state index is 12.2. The molecule has 0 fully saturated rings. The standard InChI is InChI=1S/C30H36O8/c1-4-8-22-25(12-10-21-24(32)13-16-37-29(21)22)35-14-6-5-7-15-36-28-18-27-20(17-23(28)19(2)31)9-11-26(38-27)30(33)34-3/h10,12,17-18,26H,4-9,11,13-16H2,1-3H3. The van der Waals surface area contributed by atoms with E-state index < -0.39 is 12.1 Å². The number of rotatable bonds is 12. The predicted octanol–water partition coefficient (Wildman–Crippen LogP) is 5.30. The second-order valence-electron chi connectivity index (χ2n) is 9.63. The minimum atomic E-state index is -0.650. The van der Waals surface area contributed by atoms with Gasteiger partial charge in [0.2, 0.25) is 0 Å². The first-order valence-electron chi connectivity index (χ1n) is 13.4. The minimum Gasteiger partial charge on any atom is -0.493 e. The molecule has 38 heavy (non-hydrogen) atoms. The summed E-state index contributed by atoms with van der Waals surface area (Å²) >= 11 is 0. The average Bonchev–Trinajstić information content (AvgIpc) is 2.92. The number of carbonyl (C=O) groups excluding carboxylic acids is 3. The van der Waals surface area contributed by atoms with Crippen LogP contribution in [-0.4, -0.2) is 50.6 Å². The van der Waals surface area contributed by atoms with Crippen molar-refractivity contribution in [3.63, 3.8) is 0 Å². The lowest BCUT2D eigenvalue weighted by molar-refractivity contribution is -0.149. The third kappa shape index (κ3) is 6.29. The number of hydrogen-bond donors (Lipinski definition) is 0. The largest absolute Gasteiger partial charge is 0.493 e. The van der Waals surface area contributed by atoms with E-state index in [2.05, 4.69) is 6.92 Å². The van der Waals surface area contributed by atoms with Gasteiger partial charge in [0.05, 0.1) is 38.1 Å². The molecule has 2 aliphatic rings. The number of fused-ring (bicyclic) bond motifs is 2. The van der Waals surface area contributed by atoms with Gasteiger partial charge in [0.1, 0.15) is 23.0 Å². The average molecular weight is 525 g/mol. The molecule has 0 amide bonds. The van der Waals surface area contributed by atoms with Gasteiger partial charge in [0.15, 0.2) is 17.7 Å². The summed E-state index contributed by atoms with van der Waals surface area (Å²) < 4.78 is 28.5. The molecule has 204 valence electrons. The summed E-state index contributed by atoms with van der Waals surface area (Å²) in [4.78, 5) is 36.3. The van der Waals surface area contributed by atoms with Crippen LogP contribution in [0.25, 0.3) is 0 Å². The van der Waals surface area contributed by atoms with Gasteiger partial charge in [-0.3, -0.25) is 9.59 Å². The van der Waals surface area contributed by atoms with Gasteiger partial charge in [0.25, 0.3) is 0 Å². The van der Waals surface area contributed by atoms with Crippen molar-refractivity contribution in [2.24, 2.45) is 0 Å². The van der Waals surface area contributed by atoms with Gasteiger partial charge < -0.3 is 23.7 Å². The number of Topliss-reactive ketones (excluding diaryl/α,β-unsaturated/α-hetero) is 2. The maximum Gasteiger partial charge on any atom is 0.347 e. The highest BCUT2D eigenvalue weighted by Gasteiger charge is 2.28. The highest BCUT2D eigenvalue weighted by molar-refractivity contribution is 6.00. The SMILES string of the molecule is CCCc1c(OCCCCCOc2cc3c(cc2C(C)=O)CCC(C(=O)OC)O3)ccc2c1OCCC2=O. The summed E-state index contributed by atoms with van der Waals surface area (Å²) in [5, 5.41) is 0. The van der Waals surface area contributed by atoms with Crippen molar-refractivity contribution >= 4 is 17.5 Å². The van der Waals surface area contributed by atoms with Crippen LogP contribution < -0.4 is 18.9 Å². The monoisotopic (exact) mass is 524 g/mol. The Morgan fingerprint density at radius 1 is 1.03 bits per heavy atom. The second-order valence-corrected chi connectivity index (χ2v) is 9.63. The molecule has 2 aromatic rings. The van der Waals surface area contributed by atoms with Crippen molar-refractivity contribution in [1.29, 1.82) is 0 Å². The van der Waals surface area contributed by atoms with Crippen LogP contribution in [0.2, 0.25) is 0 Å². The van der Waals surface area contributed by atoms with Gasteiger partial charge in [-0.05, 0) is 69.2 Å². The lowest BCUT2D eigenvalue weighted by Gasteiger charge is -2.25. The van der Waals surface area contributed by atoms with Crippen LogP contribution in [0.3, 0.4) is 0 Å². The molecule has 2 heterocycles. The highest BCUT2D eigenvalue weighted by atomic mass is 16.6. The molecule has 0 spiro atoms. The van der Waals surface area contributed by atoms with Crippen molar-refractivity contribution in [2.75, 3.05) is 26.9 Å². The Morgan fingerprint density at radius 3 is 2.50 bits per heavy atom. The maximum absolute atomic E-state index is 12.2. The van der Waals surface area contributed by atoms with E-state index in [0.29, 0.717) is 67.5 Å². The summed E-state index contributed by atoms with van der Waals surface area (Å²) in [7, 11) is 1.34. The molecule has 2 aromatic carbocycles. The van der Waals surface area contributed by atoms with Crippen LogP contribution >= 0.6 is 0 Å². The normalized spacial score (nSPS) is 16.0. The number of esters is 1. The quantitative estimate of drug-likeness (QED) is 0.210. The van der Waals surface area contributed by atoms with Crippen molar-refractivity contribution in [3.05, 3.63) is 46.5 Å². The number of ether oxygens (including phenoxy) is 5. The summed E-state index contributed by atoms with van der Waals surface area (Å²) in [5.41, 5.74) is 3.03. The molecule has 0 saturated heterocycles. The molecule has 8 heteroatoms. The predicted molar refractivity (Wildman–Crippen MR) is 141 cm³/mol. The van der Waals surface area contributed by atoms with Crippen molar-refractivity contribution < 1.29 is 38.1 Å². The van der Waals surface area contributed by atoms with E-state index in [4.69, 9.17) is 23.7 Å². The van der Waals surface area contributed by atoms with Crippen LogP contribution in [0.4, 0.5) is 0 Å². The third-order valence-electron chi connectivity index (χ3n) is 6.85. The van der Waals surface area contributed by atoms with Gasteiger partial charge in [-0.15, -0.1) is 0 Å². The second kappa shape index (κ2) is 12.8. The molecule has 8 nitrogen and oxygen atoms in total. The summed E-state index contributed by atoms with van der Waals surface area (Å²) in [6, 6.07) is 7.20. The molecule has 1 atom stereocenters. The first kappa shape index (κ1) is 27.5. The molecule has 0 aliphatic carbocycles. The topological polar surface area (TPSA) is 97.4 Å². The van der Waals surface area contributed by atoms with Gasteiger partial charge in [-0.25, -0.2) is 4.79 Å². The van der Waals surface area contributed by atoms with Crippen molar-refractivity contribution in [2.45, 2.75) is 71.3 Å². The summed E-state index contributed by atoms with van der Waals surface area (Å²) in [6.07, 6.45) is 5.13. The van der Waals surface area contributed by atoms with Gasteiger partial charge in [-0.2, -0.15) is 0 Å². The lowest BCUT2D eigenvalue weighted by Crippen LogP contribution is -2.32. The Kier molecular flexibility index (Phi) is 9.26. The van der Waals surface area contributed by atoms with E-state index in [-0.39, 0.29) is 11.6 Å².